The van der Waals surface area contributed by atoms with E-state index < -0.39 is 0 Å². The molecule has 1 heterocycles. The van der Waals surface area contributed by atoms with Crippen LogP contribution in [-0.4, -0.2) is 6.54 Å². The van der Waals surface area contributed by atoms with E-state index in [2.05, 4.69) is 61.6 Å². The first-order valence-electron chi connectivity index (χ1n) is 7.22. The molecule has 2 aromatic rings. The Morgan fingerprint density at radius 1 is 1.00 bits per heavy atom. The Bertz CT molecular complexity index is 567. The Morgan fingerprint density at radius 3 is 2.53 bits per heavy atom. The smallest absolute Gasteiger partial charge is 0.0378 e. The first-order chi connectivity index (χ1) is 9.25. The van der Waals surface area contributed by atoms with Gasteiger partial charge >= 0.3 is 0 Å². The van der Waals surface area contributed by atoms with E-state index in [0.29, 0.717) is 5.92 Å². The molecule has 0 saturated heterocycles. The average molecular weight is 251 g/mol. The third-order valence-corrected chi connectivity index (χ3v) is 3.98. The lowest BCUT2D eigenvalue weighted by Crippen LogP contribution is -2.12. The van der Waals surface area contributed by atoms with Crippen LogP contribution < -0.4 is 5.32 Å². The minimum Gasteiger partial charge on any atom is -0.385 e. The van der Waals surface area contributed by atoms with Crippen molar-refractivity contribution in [1.29, 1.82) is 0 Å². The zero-order chi connectivity index (χ0) is 13.2. The summed E-state index contributed by atoms with van der Waals surface area (Å²) in [4.78, 5) is 0. The minimum absolute atomic E-state index is 0.598. The van der Waals surface area contributed by atoms with Crippen molar-refractivity contribution >= 4 is 5.69 Å². The van der Waals surface area contributed by atoms with Gasteiger partial charge in [0.25, 0.3) is 0 Å². The molecular weight excluding hydrogens is 230 g/mol. The van der Waals surface area contributed by atoms with Gasteiger partial charge in [-0.05, 0) is 47.1 Å². The first kappa shape index (κ1) is 12.3. The summed E-state index contributed by atoms with van der Waals surface area (Å²) in [6.07, 6.45) is 2.42. The highest BCUT2D eigenvalue weighted by molar-refractivity contribution is 5.74. The Labute approximate surface area is 115 Å². The lowest BCUT2D eigenvalue weighted by molar-refractivity contribution is 0.832. The van der Waals surface area contributed by atoms with Crippen molar-refractivity contribution in [2.75, 3.05) is 11.9 Å². The van der Waals surface area contributed by atoms with Crippen LogP contribution in [-0.2, 0) is 6.42 Å². The number of nitrogens with one attached hydrogen (secondary N) is 1. The van der Waals surface area contributed by atoms with Gasteiger partial charge in [0.15, 0.2) is 0 Å². The van der Waals surface area contributed by atoms with Crippen LogP contribution in [0.15, 0.2) is 42.5 Å². The molecule has 0 fully saturated rings. The average Bonchev–Trinajstić information content (AvgIpc) is 2.47. The highest BCUT2D eigenvalue weighted by Gasteiger charge is 2.13. The Morgan fingerprint density at radius 2 is 1.79 bits per heavy atom. The number of fused-ring (bicyclic) bond motifs is 1. The van der Waals surface area contributed by atoms with E-state index in [1.807, 2.05) is 0 Å². The largest absolute Gasteiger partial charge is 0.385 e. The van der Waals surface area contributed by atoms with Crippen LogP contribution in [0.3, 0.4) is 0 Å². The number of rotatable bonds is 2. The molecule has 1 aliphatic rings. The fourth-order valence-corrected chi connectivity index (χ4v) is 2.83. The first-order valence-corrected chi connectivity index (χ1v) is 7.22. The number of hydrogen-bond acceptors (Lipinski definition) is 1. The van der Waals surface area contributed by atoms with Crippen LogP contribution in [0.25, 0.3) is 11.1 Å². The molecular formula is C18H21N. The minimum atomic E-state index is 0.598. The molecule has 0 spiro atoms. The molecule has 0 aromatic heterocycles. The fraction of sp³-hybridized carbons (Fsp3) is 0.333. The standard InChI is InChI=1S/C18H21N/c1-13(2)14-8-10-15(11-9-14)16-5-3-7-18-17(16)6-4-12-19-18/h3,5,7-11,13,19H,4,6,12H2,1-2H3. The maximum Gasteiger partial charge on any atom is 0.0378 e. The zero-order valence-electron chi connectivity index (χ0n) is 11.7. The Kier molecular flexibility index (Phi) is 3.29. The van der Waals surface area contributed by atoms with Gasteiger partial charge < -0.3 is 5.32 Å². The lowest BCUT2D eigenvalue weighted by atomic mass is 9.92. The topological polar surface area (TPSA) is 12.0 Å². The van der Waals surface area contributed by atoms with Gasteiger partial charge in [0.05, 0.1) is 0 Å². The van der Waals surface area contributed by atoms with Crippen molar-refractivity contribution in [3.8, 4) is 11.1 Å². The summed E-state index contributed by atoms with van der Waals surface area (Å²) in [5.41, 5.74) is 6.93. The van der Waals surface area contributed by atoms with Crippen molar-refractivity contribution in [3.63, 3.8) is 0 Å². The lowest BCUT2D eigenvalue weighted by Gasteiger charge is -2.21. The van der Waals surface area contributed by atoms with E-state index in [9.17, 15) is 0 Å². The van der Waals surface area contributed by atoms with Gasteiger partial charge in [-0.1, -0.05) is 50.2 Å². The van der Waals surface area contributed by atoms with Gasteiger partial charge in [-0.15, -0.1) is 0 Å². The molecule has 98 valence electrons. The summed E-state index contributed by atoms with van der Waals surface area (Å²) in [5, 5.41) is 3.50. The summed E-state index contributed by atoms with van der Waals surface area (Å²) in [5.74, 6) is 0.598. The molecule has 1 N–H and O–H groups in total. The summed E-state index contributed by atoms with van der Waals surface area (Å²) in [7, 11) is 0. The van der Waals surface area contributed by atoms with Crippen molar-refractivity contribution in [1.82, 2.24) is 0 Å². The SMILES string of the molecule is CC(C)c1ccc(-c2cccc3c2CCCN3)cc1. The molecule has 0 unspecified atom stereocenters. The van der Waals surface area contributed by atoms with E-state index >= 15 is 0 Å². The van der Waals surface area contributed by atoms with E-state index in [4.69, 9.17) is 0 Å². The molecule has 1 aliphatic heterocycles. The second-order valence-corrected chi connectivity index (χ2v) is 5.64. The summed E-state index contributed by atoms with van der Waals surface area (Å²) in [6.45, 7) is 5.58. The summed E-state index contributed by atoms with van der Waals surface area (Å²) < 4.78 is 0. The normalized spacial score (nSPS) is 14.1. The number of benzene rings is 2. The summed E-state index contributed by atoms with van der Waals surface area (Å²) in [6, 6.07) is 15.6. The van der Waals surface area contributed by atoms with Crippen LogP contribution >= 0.6 is 0 Å². The molecule has 2 aromatic carbocycles. The zero-order valence-corrected chi connectivity index (χ0v) is 11.7. The second kappa shape index (κ2) is 5.08. The Hall–Kier alpha value is -1.76. The van der Waals surface area contributed by atoms with E-state index in [1.54, 1.807) is 0 Å². The van der Waals surface area contributed by atoms with Gasteiger partial charge in [0.2, 0.25) is 0 Å². The maximum atomic E-state index is 3.50. The molecule has 3 rings (SSSR count). The van der Waals surface area contributed by atoms with Crippen LogP contribution in [0.1, 0.15) is 37.3 Å². The van der Waals surface area contributed by atoms with E-state index in [-0.39, 0.29) is 0 Å². The molecule has 0 saturated carbocycles. The van der Waals surface area contributed by atoms with Gasteiger partial charge in [-0.2, -0.15) is 0 Å². The molecule has 19 heavy (non-hydrogen) atoms. The molecule has 0 radical (unpaired) electrons. The van der Waals surface area contributed by atoms with Crippen LogP contribution in [0.4, 0.5) is 5.69 Å². The van der Waals surface area contributed by atoms with Crippen LogP contribution in [0.5, 0.6) is 0 Å². The van der Waals surface area contributed by atoms with Gasteiger partial charge in [0, 0.05) is 12.2 Å². The monoisotopic (exact) mass is 251 g/mol. The van der Waals surface area contributed by atoms with E-state index in [0.717, 1.165) is 6.54 Å². The predicted octanol–water partition coefficient (Wildman–Crippen LogP) is 4.84. The fourth-order valence-electron chi connectivity index (χ4n) is 2.83. The maximum absolute atomic E-state index is 3.50. The molecule has 0 atom stereocenters. The second-order valence-electron chi connectivity index (χ2n) is 5.64. The van der Waals surface area contributed by atoms with Crippen molar-refractivity contribution in [2.45, 2.75) is 32.6 Å². The predicted molar refractivity (Wildman–Crippen MR) is 82.8 cm³/mol. The third kappa shape index (κ3) is 2.37. The molecule has 0 bridgehead atoms. The van der Waals surface area contributed by atoms with Crippen molar-refractivity contribution in [2.24, 2.45) is 0 Å². The van der Waals surface area contributed by atoms with Crippen LogP contribution in [0, 0.1) is 0 Å². The quantitative estimate of drug-likeness (QED) is 0.805. The van der Waals surface area contributed by atoms with Gasteiger partial charge in [-0.25, -0.2) is 0 Å². The van der Waals surface area contributed by atoms with Crippen molar-refractivity contribution < 1.29 is 0 Å². The molecule has 0 amide bonds. The van der Waals surface area contributed by atoms with Gasteiger partial charge in [-0.3, -0.25) is 0 Å². The highest BCUT2D eigenvalue weighted by Crippen LogP contribution is 2.33. The molecule has 1 heteroatoms. The Balaban J connectivity index is 2.02. The van der Waals surface area contributed by atoms with Crippen molar-refractivity contribution in [3.05, 3.63) is 53.6 Å². The molecule has 1 nitrogen and oxygen atoms in total. The van der Waals surface area contributed by atoms with E-state index in [1.165, 1.54) is 40.8 Å². The van der Waals surface area contributed by atoms with Gasteiger partial charge in [0.1, 0.15) is 0 Å². The highest BCUT2D eigenvalue weighted by atomic mass is 14.9. The third-order valence-electron chi connectivity index (χ3n) is 3.98. The molecule has 0 aliphatic carbocycles. The van der Waals surface area contributed by atoms with Crippen LogP contribution in [0.2, 0.25) is 0 Å². The number of anilines is 1. The number of hydrogen-bond donors (Lipinski definition) is 1. The summed E-state index contributed by atoms with van der Waals surface area (Å²) >= 11 is 0.